The molecule has 4 aliphatic rings. The van der Waals surface area contributed by atoms with Gasteiger partial charge in [0.2, 0.25) is 0 Å². The number of fused-ring (bicyclic) bond motifs is 2. The van der Waals surface area contributed by atoms with Gasteiger partial charge in [-0.15, -0.1) is 0 Å². The smallest absolute Gasteiger partial charge is 0.165 e. The number of hydrogen-bond donors (Lipinski definition) is 2. The SMILES string of the molecule is C[C@@H]1[C@@H](O)C(=O)[C@H]2C(C)(C)CCC[C@]2(C)[C@@]12CC[C@@]1(CO[C@H](O)C1)O2. The van der Waals surface area contributed by atoms with E-state index < -0.39 is 23.6 Å². The van der Waals surface area contributed by atoms with Crippen LogP contribution in [-0.2, 0) is 14.3 Å². The molecule has 0 bridgehead atoms. The first-order valence-corrected chi connectivity index (χ1v) is 9.79. The highest BCUT2D eigenvalue weighted by Crippen LogP contribution is 2.67. The van der Waals surface area contributed by atoms with Gasteiger partial charge in [0.15, 0.2) is 12.1 Å². The van der Waals surface area contributed by atoms with Crippen LogP contribution in [0.1, 0.15) is 66.2 Å². The zero-order valence-corrected chi connectivity index (χ0v) is 15.9. The molecule has 2 aliphatic carbocycles. The van der Waals surface area contributed by atoms with Crippen molar-refractivity contribution in [3.63, 3.8) is 0 Å². The van der Waals surface area contributed by atoms with Crippen LogP contribution in [0.2, 0.25) is 0 Å². The minimum atomic E-state index is -0.974. The van der Waals surface area contributed by atoms with Crippen LogP contribution in [0.5, 0.6) is 0 Å². The molecule has 0 aromatic carbocycles. The molecule has 4 fully saturated rings. The van der Waals surface area contributed by atoms with Crippen LogP contribution in [0.25, 0.3) is 0 Å². The van der Waals surface area contributed by atoms with Gasteiger partial charge >= 0.3 is 0 Å². The van der Waals surface area contributed by atoms with E-state index in [0.29, 0.717) is 13.0 Å². The van der Waals surface area contributed by atoms with Crippen molar-refractivity contribution in [3.8, 4) is 0 Å². The molecule has 0 aromatic heterocycles. The lowest BCUT2D eigenvalue weighted by Gasteiger charge is -2.63. The molecule has 2 N–H and O–H groups in total. The van der Waals surface area contributed by atoms with Crippen LogP contribution in [0.4, 0.5) is 0 Å². The predicted octanol–water partition coefficient (Wildman–Crippen LogP) is 2.43. The molecule has 7 atom stereocenters. The Balaban J connectivity index is 1.79. The highest BCUT2D eigenvalue weighted by Gasteiger charge is 2.72. The summed E-state index contributed by atoms with van der Waals surface area (Å²) in [6, 6.07) is 0. The molecule has 2 spiro atoms. The lowest BCUT2D eigenvalue weighted by atomic mass is 9.43. The van der Waals surface area contributed by atoms with Crippen molar-refractivity contribution in [2.24, 2.45) is 22.7 Å². The Hall–Kier alpha value is -0.490. The summed E-state index contributed by atoms with van der Waals surface area (Å²) >= 11 is 0. The van der Waals surface area contributed by atoms with E-state index in [9.17, 15) is 15.0 Å². The van der Waals surface area contributed by atoms with Gasteiger partial charge in [0.1, 0.15) is 6.10 Å². The number of ether oxygens (including phenoxy) is 2. The van der Waals surface area contributed by atoms with E-state index in [0.717, 1.165) is 32.1 Å². The molecule has 0 radical (unpaired) electrons. The third kappa shape index (κ3) is 2.19. The van der Waals surface area contributed by atoms with E-state index in [-0.39, 0.29) is 28.4 Å². The summed E-state index contributed by atoms with van der Waals surface area (Å²) in [7, 11) is 0. The number of carbonyl (C=O) groups is 1. The van der Waals surface area contributed by atoms with Crippen LogP contribution < -0.4 is 0 Å². The maximum atomic E-state index is 13.1. The predicted molar refractivity (Wildman–Crippen MR) is 91.8 cm³/mol. The van der Waals surface area contributed by atoms with E-state index in [1.807, 2.05) is 6.92 Å². The molecule has 0 amide bonds. The molecule has 2 saturated carbocycles. The summed E-state index contributed by atoms with van der Waals surface area (Å²) < 4.78 is 12.2. The number of carbonyl (C=O) groups excluding carboxylic acids is 1. The minimum absolute atomic E-state index is 0.00224. The van der Waals surface area contributed by atoms with Crippen molar-refractivity contribution in [2.45, 2.75) is 89.8 Å². The summed E-state index contributed by atoms with van der Waals surface area (Å²) in [5, 5.41) is 20.7. The van der Waals surface area contributed by atoms with Crippen molar-refractivity contribution in [3.05, 3.63) is 0 Å². The Bertz CT molecular complexity index is 589. The van der Waals surface area contributed by atoms with Crippen molar-refractivity contribution < 1.29 is 24.5 Å². The second kappa shape index (κ2) is 5.28. The van der Waals surface area contributed by atoms with Crippen LogP contribution in [-0.4, -0.2) is 46.2 Å². The van der Waals surface area contributed by atoms with Crippen molar-refractivity contribution in [1.29, 1.82) is 0 Å². The van der Waals surface area contributed by atoms with Gasteiger partial charge in [-0.25, -0.2) is 0 Å². The first kappa shape index (κ1) is 17.9. The molecule has 2 aliphatic heterocycles. The quantitative estimate of drug-likeness (QED) is 0.700. The van der Waals surface area contributed by atoms with Gasteiger partial charge in [-0.3, -0.25) is 4.79 Å². The first-order chi connectivity index (χ1) is 11.6. The number of Topliss-reactive ketones (excluding diaryl/α,β-unsaturated/α-hetero) is 1. The molecule has 142 valence electrons. The molecule has 2 heterocycles. The number of ketones is 1. The van der Waals surface area contributed by atoms with Crippen LogP contribution in [0.3, 0.4) is 0 Å². The highest BCUT2D eigenvalue weighted by molar-refractivity contribution is 5.88. The third-order valence-corrected chi connectivity index (χ3v) is 8.12. The number of aliphatic hydroxyl groups excluding tert-OH is 2. The van der Waals surface area contributed by atoms with E-state index in [1.54, 1.807) is 0 Å². The lowest BCUT2D eigenvalue weighted by molar-refractivity contribution is -0.255. The molecule has 25 heavy (non-hydrogen) atoms. The molecule has 0 aromatic rings. The molecular formula is C20H32O5. The van der Waals surface area contributed by atoms with E-state index in [1.165, 1.54) is 0 Å². The molecule has 2 saturated heterocycles. The standard InChI is InChI=1S/C20H32O5/c1-12-14(22)15(23)16-17(2,3)6-5-7-18(16,4)20(12)9-8-19(25-20)10-13(21)24-11-19/h12-14,16,21-22H,5-11H2,1-4H3/t12-,13+,14-,16+,18+,19-,20-/m1/s1. The fraction of sp³-hybridized carbons (Fsp3) is 0.950. The van der Waals surface area contributed by atoms with Gasteiger partial charge in [0, 0.05) is 23.7 Å². The normalized spacial score (nSPS) is 55.0. The van der Waals surface area contributed by atoms with Gasteiger partial charge in [0.05, 0.1) is 17.8 Å². The van der Waals surface area contributed by atoms with Crippen LogP contribution in [0, 0.1) is 22.7 Å². The van der Waals surface area contributed by atoms with Crippen LogP contribution >= 0.6 is 0 Å². The summed E-state index contributed by atoms with van der Waals surface area (Å²) in [5.41, 5.74) is -1.43. The Kier molecular flexibility index (Phi) is 3.78. The average Bonchev–Trinajstić information content (AvgIpc) is 3.08. The second-order valence-electron chi connectivity index (χ2n) is 9.97. The van der Waals surface area contributed by atoms with Gasteiger partial charge in [-0.2, -0.15) is 0 Å². The zero-order chi connectivity index (χ0) is 18.3. The molecule has 5 nitrogen and oxygen atoms in total. The maximum Gasteiger partial charge on any atom is 0.165 e. The zero-order valence-electron chi connectivity index (χ0n) is 15.9. The van der Waals surface area contributed by atoms with Gasteiger partial charge in [-0.05, 0) is 31.1 Å². The van der Waals surface area contributed by atoms with Gasteiger partial charge in [0.25, 0.3) is 0 Å². The van der Waals surface area contributed by atoms with Crippen molar-refractivity contribution >= 4 is 5.78 Å². The van der Waals surface area contributed by atoms with E-state index >= 15 is 0 Å². The highest BCUT2D eigenvalue weighted by atomic mass is 16.6. The molecule has 4 rings (SSSR count). The summed E-state index contributed by atoms with van der Waals surface area (Å²) in [6.07, 6.45) is 3.40. The van der Waals surface area contributed by atoms with E-state index in [2.05, 4.69) is 20.8 Å². The Morgan fingerprint density at radius 3 is 2.44 bits per heavy atom. The summed E-state index contributed by atoms with van der Waals surface area (Å²) in [6.45, 7) is 8.91. The lowest BCUT2D eigenvalue weighted by Crippen LogP contribution is -2.69. The van der Waals surface area contributed by atoms with Gasteiger partial charge < -0.3 is 19.7 Å². The fourth-order valence-corrected chi connectivity index (χ4v) is 6.96. The molecular weight excluding hydrogens is 320 g/mol. The van der Waals surface area contributed by atoms with Crippen molar-refractivity contribution in [1.82, 2.24) is 0 Å². The molecule has 5 heteroatoms. The first-order valence-electron chi connectivity index (χ1n) is 9.79. The Morgan fingerprint density at radius 1 is 1.08 bits per heavy atom. The minimum Gasteiger partial charge on any atom is -0.385 e. The van der Waals surface area contributed by atoms with Crippen LogP contribution in [0.15, 0.2) is 0 Å². The number of hydrogen-bond acceptors (Lipinski definition) is 5. The van der Waals surface area contributed by atoms with Gasteiger partial charge in [-0.1, -0.05) is 34.1 Å². The summed E-state index contributed by atoms with van der Waals surface area (Å²) in [5.74, 6) is -0.438. The topological polar surface area (TPSA) is 76.0 Å². The van der Waals surface area contributed by atoms with Crippen molar-refractivity contribution in [2.75, 3.05) is 6.61 Å². The monoisotopic (exact) mass is 352 g/mol. The van der Waals surface area contributed by atoms with E-state index in [4.69, 9.17) is 9.47 Å². The Morgan fingerprint density at radius 2 is 1.80 bits per heavy atom. The third-order valence-electron chi connectivity index (χ3n) is 8.12. The largest absolute Gasteiger partial charge is 0.385 e. The summed E-state index contributed by atoms with van der Waals surface area (Å²) in [4.78, 5) is 13.1. The fourth-order valence-electron chi connectivity index (χ4n) is 6.96. The average molecular weight is 352 g/mol. The Labute approximate surface area is 150 Å². The second-order valence-corrected chi connectivity index (χ2v) is 9.97. The molecule has 0 unspecified atom stereocenters. The number of rotatable bonds is 0. The maximum absolute atomic E-state index is 13.1. The number of aliphatic hydroxyl groups is 2.